The van der Waals surface area contributed by atoms with E-state index in [1.54, 1.807) is 6.26 Å². The van der Waals surface area contributed by atoms with Crippen LogP contribution in [0.2, 0.25) is 0 Å². The van der Waals surface area contributed by atoms with E-state index in [0.29, 0.717) is 13.0 Å². The summed E-state index contributed by atoms with van der Waals surface area (Å²) < 4.78 is 5.47. The zero-order chi connectivity index (χ0) is 13.5. The van der Waals surface area contributed by atoms with Crippen molar-refractivity contribution in [1.82, 2.24) is 10.6 Å². The van der Waals surface area contributed by atoms with Crippen molar-refractivity contribution in [2.45, 2.75) is 19.3 Å². The molecule has 19 heavy (non-hydrogen) atoms. The maximum absolute atomic E-state index is 11.5. The monoisotopic (exact) mass is 260 g/mol. The highest BCUT2D eigenvalue weighted by molar-refractivity contribution is 5.81. The van der Waals surface area contributed by atoms with Gasteiger partial charge in [-0.05, 0) is 38.1 Å². The van der Waals surface area contributed by atoms with Crippen molar-refractivity contribution in [3.05, 3.63) is 36.1 Å². The normalized spacial score (nSPS) is 10.8. The van der Waals surface area contributed by atoms with Gasteiger partial charge in [0.25, 0.3) is 0 Å². The molecule has 1 aromatic carbocycles. The second-order valence-corrected chi connectivity index (χ2v) is 4.56. The minimum Gasteiger partial charge on any atom is -0.464 e. The van der Waals surface area contributed by atoms with Crippen molar-refractivity contribution in [1.29, 1.82) is 0 Å². The Balaban J connectivity index is 1.78. The van der Waals surface area contributed by atoms with Gasteiger partial charge < -0.3 is 15.1 Å². The number of benzene rings is 1. The van der Waals surface area contributed by atoms with Crippen molar-refractivity contribution in [2.75, 3.05) is 20.1 Å². The summed E-state index contributed by atoms with van der Waals surface area (Å²) in [6, 6.07) is 7.95. The molecule has 0 spiro atoms. The molecule has 1 aromatic heterocycles. The maximum atomic E-state index is 11.5. The van der Waals surface area contributed by atoms with Gasteiger partial charge in [0.15, 0.2) is 0 Å². The molecule has 0 aliphatic rings. The van der Waals surface area contributed by atoms with E-state index >= 15 is 0 Å². The Kier molecular flexibility index (Phi) is 4.98. The van der Waals surface area contributed by atoms with Gasteiger partial charge in [0.2, 0.25) is 5.91 Å². The number of para-hydroxylation sites is 1. The first-order chi connectivity index (χ1) is 9.31. The zero-order valence-electron chi connectivity index (χ0n) is 11.2. The van der Waals surface area contributed by atoms with Gasteiger partial charge in [-0.1, -0.05) is 18.2 Å². The molecule has 0 aliphatic carbocycles. The number of nitrogens with one attached hydrogen (secondary N) is 2. The van der Waals surface area contributed by atoms with Gasteiger partial charge in [-0.15, -0.1) is 0 Å². The number of fused-ring (bicyclic) bond motifs is 1. The van der Waals surface area contributed by atoms with Crippen molar-refractivity contribution in [3.8, 4) is 0 Å². The Bertz CT molecular complexity index is 534. The molecule has 0 saturated carbocycles. The summed E-state index contributed by atoms with van der Waals surface area (Å²) in [6.45, 7) is 1.53. The lowest BCUT2D eigenvalue weighted by Crippen LogP contribution is -2.26. The predicted octanol–water partition coefficient (Wildman–Crippen LogP) is 2.09. The Morgan fingerprint density at radius 3 is 2.95 bits per heavy atom. The van der Waals surface area contributed by atoms with E-state index in [9.17, 15) is 4.79 Å². The summed E-state index contributed by atoms with van der Waals surface area (Å²) in [4.78, 5) is 11.5. The van der Waals surface area contributed by atoms with Crippen LogP contribution in [0.5, 0.6) is 0 Å². The summed E-state index contributed by atoms with van der Waals surface area (Å²) in [5.74, 6) is 0.114. The fourth-order valence-electron chi connectivity index (χ4n) is 2.08. The van der Waals surface area contributed by atoms with E-state index in [0.717, 1.165) is 35.9 Å². The molecular weight excluding hydrogens is 240 g/mol. The third-order valence-electron chi connectivity index (χ3n) is 3.11. The Morgan fingerprint density at radius 2 is 2.11 bits per heavy atom. The highest BCUT2D eigenvalue weighted by atomic mass is 16.3. The zero-order valence-corrected chi connectivity index (χ0v) is 11.2. The highest BCUT2D eigenvalue weighted by Gasteiger charge is 2.05. The lowest BCUT2D eigenvalue weighted by molar-refractivity contribution is -0.121. The number of furan rings is 1. The second kappa shape index (κ2) is 6.95. The molecule has 0 unspecified atom stereocenters. The van der Waals surface area contributed by atoms with Crippen molar-refractivity contribution < 1.29 is 9.21 Å². The molecule has 2 rings (SSSR count). The van der Waals surface area contributed by atoms with Crippen LogP contribution >= 0.6 is 0 Å². The lowest BCUT2D eigenvalue weighted by atomic mass is 10.1. The van der Waals surface area contributed by atoms with Crippen LogP contribution in [0.1, 0.15) is 18.4 Å². The van der Waals surface area contributed by atoms with Gasteiger partial charge >= 0.3 is 0 Å². The molecule has 0 aliphatic heterocycles. The molecule has 0 fully saturated rings. The van der Waals surface area contributed by atoms with Gasteiger partial charge in [-0.3, -0.25) is 4.79 Å². The van der Waals surface area contributed by atoms with Crippen LogP contribution in [0.4, 0.5) is 0 Å². The number of amides is 1. The highest BCUT2D eigenvalue weighted by Crippen LogP contribution is 2.20. The first kappa shape index (κ1) is 13.6. The number of rotatable bonds is 7. The smallest absolute Gasteiger partial charge is 0.220 e. The van der Waals surface area contributed by atoms with Crippen LogP contribution in [0.25, 0.3) is 11.0 Å². The van der Waals surface area contributed by atoms with Crippen LogP contribution in [0, 0.1) is 0 Å². The molecule has 2 aromatic rings. The summed E-state index contributed by atoms with van der Waals surface area (Å²) in [5, 5.41) is 7.10. The molecule has 1 amide bonds. The van der Waals surface area contributed by atoms with Crippen LogP contribution in [-0.4, -0.2) is 26.0 Å². The van der Waals surface area contributed by atoms with Crippen LogP contribution in [0.3, 0.4) is 0 Å². The van der Waals surface area contributed by atoms with E-state index in [4.69, 9.17) is 4.42 Å². The Labute approximate surface area is 113 Å². The average Bonchev–Trinajstić information content (AvgIpc) is 2.83. The van der Waals surface area contributed by atoms with Gasteiger partial charge in [-0.25, -0.2) is 0 Å². The number of carbonyl (C=O) groups is 1. The topological polar surface area (TPSA) is 54.3 Å². The third-order valence-corrected chi connectivity index (χ3v) is 3.11. The van der Waals surface area contributed by atoms with Gasteiger partial charge in [0, 0.05) is 18.4 Å². The molecular formula is C15H20N2O2. The molecule has 102 valence electrons. The van der Waals surface area contributed by atoms with Gasteiger partial charge in [0.1, 0.15) is 5.58 Å². The molecule has 4 heteroatoms. The summed E-state index contributed by atoms with van der Waals surface area (Å²) in [5.41, 5.74) is 2.05. The average molecular weight is 260 g/mol. The van der Waals surface area contributed by atoms with E-state index in [1.165, 1.54) is 0 Å². The summed E-state index contributed by atoms with van der Waals surface area (Å²) in [7, 11) is 1.89. The van der Waals surface area contributed by atoms with Crippen molar-refractivity contribution in [3.63, 3.8) is 0 Å². The third kappa shape index (κ3) is 3.83. The van der Waals surface area contributed by atoms with Crippen molar-refractivity contribution in [2.24, 2.45) is 0 Å². The molecule has 0 atom stereocenters. The van der Waals surface area contributed by atoms with Crippen molar-refractivity contribution >= 4 is 16.9 Å². The molecule has 2 N–H and O–H groups in total. The number of carbonyl (C=O) groups excluding carboxylic acids is 1. The minimum atomic E-state index is 0.114. The summed E-state index contributed by atoms with van der Waals surface area (Å²) >= 11 is 0. The molecule has 4 nitrogen and oxygen atoms in total. The number of hydrogen-bond donors (Lipinski definition) is 2. The fourth-order valence-corrected chi connectivity index (χ4v) is 2.08. The van der Waals surface area contributed by atoms with Gasteiger partial charge in [0.05, 0.1) is 6.26 Å². The summed E-state index contributed by atoms with van der Waals surface area (Å²) in [6.07, 6.45) is 4.02. The first-order valence-electron chi connectivity index (χ1n) is 6.67. The second-order valence-electron chi connectivity index (χ2n) is 4.56. The van der Waals surface area contributed by atoms with E-state index in [2.05, 4.69) is 10.6 Å². The SMILES string of the molecule is CNCCCC(=O)NCCc1coc2ccccc12. The van der Waals surface area contributed by atoms with Crippen LogP contribution in [-0.2, 0) is 11.2 Å². The molecule has 0 saturated heterocycles. The minimum absolute atomic E-state index is 0.114. The van der Waals surface area contributed by atoms with Crippen LogP contribution < -0.4 is 10.6 Å². The number of hydrogen-bond acceptors (Lipinski definition) is 3. The van der Waals surface area contributed by atoms with E-state index in [1.807, 2.05) is 31.3 Å². The fraction of sp³-hybridized carbons (Fsp3) is 0.400. The molecule has 0 bridgehead atoms. The molecule has 0 radical (unpaired) electrons. The quantitative estimate of drug-likeness (QED) is 0.749. The van der Waals surface area contributed by atoms with Gasteiger partial charge in [-0.2, -0.15) is 0 Å². The van der Waals surface area contributed by atoms with E-state index < -0.39 is 0 Å². The lowest BCUT2D eigenvalue weighted by Gasteiger charge is -2.04. The first-order valence-corrected chi connectivity index (χ1v) is 6.67. The predicted molar refractivity (Wildman–Crippen MR) is 76.1 cm³/mol. The Hall–Kier alpha value is -1.81. The molecule has 1 heterocycles. The Morgan fingerprint density at radius 1 is 1.26 bits per heavy atom. The van der Waals surface area contributed by atoms with Crippen LogP contribution in [0.15, 0.2) is 34.9 Å². The largest absolute Gasteiger partial charge is 0.464 e. The maximum Gasteiger partial charge on any atom is 0.220 e. The van der Waals surface area contributed by atoms with E-state index in [-0.39, 0.29) is 5.91 Å². The standard InChI is InChI=1S/C15H20N2O2/c1-16-9-4-7-15(18)17-10-8-12-11-19-14-6-3-2-5-13(12)14/h2-3,5-6,11,16H,4,7-10H2,1H3,(H,17,18).